The number of alkyl halides is 1. The molecule has 4 heterocycles. The second-order valence-electron chi connectivity index (χ2n) is 7.53. The third kappa shape index (κ3) is 3.77. The molecule has 3 aromatic rings. The topological polar surface area (TPSA) is 93.0 Å². The van der Waals surface area contributed by atoms with Crippen LogP contribution in [0.5, 0.6) is 11.6 Å². The predicted octanol–water partition coefficient (Wildman–Crippen LogP) is 3.34. The first-order valence-electron chi connectivity index (χ1n) is 9.93. The van der Waals surface area contributed by atoms with E-state index in [9.17, 15) is 9.50 Å². The average Bonchev–Trinajstić information content (AvgIpc) is 3.21. The zero-order valence-electron chi connectivity index (χ0n) is 16.7. The van der Waals surface area contributed by atoms with Gasteiger partial charge in [-0.05, 0) is 47.4 Å². The van der Waals surface area contributed by atoms with E-state index in [1.165, 1.54) is 6.20 Å². The largest absolute Gasteiger partial charge is 0.507 e. The summed E-state index contributed by atoms with van der Waals surface area (Å²) in [5, 5.41) is 22.0. The molecule has 2 N–H and O–H groups in total. The van der Waals surface area contributed by atoms with Crippen molar-refractivity contribution >= 4 is 6.08 Å². The number of nitrogens with zero attached hydrogens (tertiary/aromatic N) is 4. The number of rotatable bonds is 4. The maximum absolute atomic E-state index is 14.5. The molecule has 1 fully saturated rings. The first kappa shape index (κ1) is 19.3. The van der Waals surface area contributed by atoms with Crippen molar-refractivity contribution in [1.82, 2.24) is 25.5 Å². The van der Waals surface area contributed by atoms with Crippen molar-refractivity contribution < 1.29 is 14.2 Å². The molecule has 2 bridgehead atoms. The fourth-order valence-corrected chi connectivity index (χ4v) is 3.92. The van der Waals surface area contributed by atoms with Crippen LogP contribution in [0.1, 0.15) is 12.2 Å². The molecule has 0 aliphatic carbocycles. The molecule has 2 aliphatic heterocycles. The number of phenolic OH excluding ortho intramolecular Hbond substituents is 1. The lowest BCUT2D eigenvalue weighted by molar-refractivity contribution is 0.285. The monoisotopic (exact) mass is 417 g/mol. The number of fused-ring (bicyclic) bond motifs is 2. The van der Waals surface area contributed by atoms with Crippen LogP contribution in [-0.2, 0) is 0 Å². The van der Waals surface area contributed by atoms with E-state index in [1.807, 2.05) is 24.3 Å². The van der Waals surface area contributed by atoms with E-state index in [0.29, 0.717) is 35.0 Å². The quantitative estimate of drug-likeness (QED) is 0.629. The van der Waals surface area contributed by atoms with Crippen LogP contribution in [0.3, 0.4) is 0 Å². The zero-order valence-corrected chi connectivity index (χ0v) is 16.7. The highest BCUT2D eigenvalue weighted by molar-refractivity contribution is 5.74. The summed E-state index contributed by atoms with van der Waals surface area (Å²) in [4.78, 5) is 8.40. The standard InChI is InChI=1S/C23H20FN5O2/c1-31-22-11-14(6-7-25-22)13-2-4-17(20(30)9-13)19-12-26-21(29-28-19)10-15-8-16-3-5-18(27-16)23(15)24/h2-7,9-12,16,18,23,27,30H,8H2,1H3/b15-10+/t16?,18?,23-/m1/s1. The Kier molecular flexibility index (Phi) is 4.91. The Morgan fingerprint density at radius 1 is 1.13 bits per heavy atom. The van der Waals surface area contributed by atoms with Gasteiger partial charge in [0.1, 0.15) is 17.6 Å². The van der Waals surface area contributed by atoms with E-state index in [0.717, 1.165) is 11.1 Å². The van der Waals surface area contributed by atoms with Gasteiger partial charge in [0.15, 0.2) is 5.82 Å². The predicted molar refractivity (Wildman–Crippen MR) is 114 cm³/mol. The number of aromatic nitrogens is 4. The number of benzene rings is 1. The average molecular weight is 417 g/mol. The Hall–Kier alpha value is -3.65. The number of pyridine rings is 1. The molecule has 1 aromatic carbocycles. The van der Waals surface area contributed by atoms with Crippen LogP contribution in [-0.4, -0.2) is 50.6 Å². The van der Waals surface area contributed by atoms with Crippen LogP contribution in [0.25, 0.3) is 28.5 Å². The van der Waals surface area contributed by atoms with Gasteiger partial charge in [-0.1, -0.05) is 18.2 Å². The minimum Gasteiger partial charge on any atom is -0.507 e. The van der Waals surface area contributed by atoms with Crippen molar-refractivity contribution in [2.75, 3.05) is 7.11 Å². The molecule has 1 saturated heterocycles. The Labute approximate surface area is 178 Å². The normalized spacial score (nSPS) is 23.3. The van der Waals surface area contributed by atoms with Gasteiger partial charge in [0.05, 0.1) is 19.3 Å². The highest BCUT2D eigenvalue weighted by Gasteiger charge is 2.34. The summed E-state index contributed by atoms with van der Waals surface area (Å²) in [6.45, 7) is 0. The number of hydrogen-bond acceptors (Lipinski definition) is 7. The molecule has 0 amide bonds. The van der Waals surface area contributed by atoms with Gasteiger partial charge in [0, 0.05) is 23.9 Å². The van der Waals surface area contributed by atoms with E-state index in [-0.39, 0.29) is 17.8 Å². The van der Waals surface area contributed by atoms with Crippen molar-refractivity contribution in [2.45, 2.75) is 24.7 Å². The molecule has 0 radical (unpaired) electrons. The summed E-state index contributed by atoms with van der Waals surface area (Å²) in [7, 11) is 1.55. The van der Waals surface area contributed by atoms with E-state index < -0.39 is 6.17 Å². The fourth-order valence-electron chi connectivity index (χ4n) is 3.92. The Morgan fingerprint density at radius 3 is 2.77 bits per heavy atom. The molecule has 156 valence electrons. The van der Waals surface area contributed by atoms with Crippen molar-refractivity contribution in [3.63, 3.8) is 0 Å². The van der Waals surface area contributed by atoms with Gasteiger partial charge in [-0.3, -0.25) is 0 Å². The minimum atomic E-state index is -1.10. The highest BCUT2D eigenvalue weighted by Crippen LogP contribution is 2.33. The van der Waals surface area contributed by atoms with Gasteiger partial charge >= 0.3 is 0 Å². The molecule has 5 rings (SSSR count). The summed E-state index contributed by atoms with van der Waals surface area (Å²) in [6, 6.07) is 8.77. The van der Waals surface area contributed by atoms with Crippen LogP contribution in [0.4, 0.5) is 4.39 Å². The lowest BCUT2D eigenvalue weighted by Gasteiger charge is -2.27. The molecule has 0 spiro atoms. The van der Waals surface area contributed by atoms with Gasteiger partial charge in [-0.25, -0.2) is 14.4 Å². The van der Waals surface area contributed by atoms with Crippen LogP contribution in [0.15, 0.2) is 60.5 Å². The number of piperidine rings is 1. The number of nitrogens with one attached hydrogen (secondary N) is 1. The maximum Gasteiger partial charge on any atom is 0.213 e. The van der Waals surface area contributed by atoms with Crippen molar-refractivity contribution in [2.24, 2.45) is 0 Å². The summed E-state index contributed by atoms with van der Waals surface area (Å²) in [5.41, 5.74) is 3.28. The second kappa shape index (κ2) is 7.88. The summed E-state index contributed by atoms with van der Waals surface area (Å²) >= 11 is 0. The smallest absolute Gasteiger partial charge is 0.213 e. The molecule has 7 nitrogen and oxygen atoms in total. The van der Waals surface area contributed by atoms with Gasteiger partial charge in [-0.15, -0.1) is 10.2 Å². The molecule has 31 heavy (non-hydrogen) atoms. The van der Waals surface area contributed by atoms with Crippen molar-refractivity contribution in [3.05, 3.63) is 66.3 Å². The number of halogens is 1. The van der Waals surface area contributed by atoms with E-state index in [1.54, 1.807) is 37.6 Å². The Morgan fingerprint density at radius 2 is 2.00 bits per heavy atom. The zero-order chi connectivity index (χ0) is 21.4. The Balaban J connectivity index is 1.38. The van der Waals surface area contributed by atoms with Gasteiger partial charge in [0.25, 0.3) is 0 Å². The van der Waals surface area contributed by atoms with Crippen molar-refractivity contribution in [1.29, 1.82) is 0 Å². The number of phenols is 1. The molecule has 2 unspecified atom stereocenters. The summed E-state index contributed by atoms with van der Waals surface area (Å²) in [5.74, 6) is 0.900. The molecular weight excluding hydrogens is 397 g/mol. The summed E-state index contributed by atoms with van der Waals surface area (Å²) < 4.78 is 19.7. The van der Waals surface area contributed by atoms with Gasteiger partial charge in [0.2, 0.25) is 5.88 Å². The van der Waals surface area contributed by atoms with Gasteiger partial charge < -0.3 is 15.2 Å². The molecule has 8 heteroatoms. The molecule has 2 aromatic heterocycles. The first-order chi connectivity index (χ1) is 15.1. The van der Waals surface area contributed by atoms with Crippen LogP contribution >= 0.6 is 0 Å². The van der Waals surface area contributed by atoms with Crippen LogP contribution < -0.4 is 10.1 Å². The van der Waals surface area contributed by atoms with Crippen LogP contribution in [0.2, 0.25) is 0 Å². The van der Waals surface area contributed by atoms with E-state index in [4.69, 9.17) is 4.74 Å². The maximum atomic E-state index is 14.5. The summed E-state index contributed by atoms with van der Waals surface area (Å²) in [6.07, 6.45) is 8.19. The second-order valence-corrected chi connectivity index (χ2v) is 7.53. The lowest BCUT2D eigenvalue weighted by atomic mass is 9.96. The highest BCUT2D eigenvalue weighted by atomic mass is 19.1. The molecule has 0 saturated carbocycles. The van der Waals surface area contributed by atoms with E-state index in [2.05, 4.69) is 25.5 Å². The van der Waals surface area contributed by atoms with Crippen molar-refractivity contribution in [3.8, 4) is 34.0 Å². The molecule has 3 atom stereocenters. The number of ether oxygens (including phenoxy) is 1. The molecular formula is C23H20FN5O2. The SMILES string of the molecule is COc1cc(-c2ccc(-c3cnc(/C=C4\CC5C=CC(N5)[C@@H]4F)nn3)c(O)c2)ccn1. The van der Waals surface area contributed by atoms with Gasteiger partial charge in [-0.2, -0.15) is 0 Å². The third-order valence-corrected chi connectivity index (χ3v) is 5.53. The first-order valence-corrected chi connectivity index (χ1v) is 9.93. The number of hydrogen-bond donors (Lipinski definition) is 2. The number of methoxy groups -OCH3 is 1. The lowest BCUT2D eigenvalue weighted by Crippen LogP contribution is -2.43. The third-order valence-electron chi connectivity index (χ3n) is 5.53. The van der Waals surface area contributed by atoms with E-state index >= 15 is 0 Å². The fraction of sp³-hybridized carbons (Fsp3) is 0.217. The van der Waals surface area contributed by atoms with Crippen LogP contribution in [0, 0.1) is 0 Å². The number of aromatic hydroxyl groups is 1. The molecule has 2 aliphatic rings. The Bertz CT molecular complexity index is 1180. The minimum absolute atomic E-state index is 0.0558.